The number of hydrogen-bond donors (Lipinski definition) is 3. The summed E-state index contributed by atoms with van der Waals surface area (Å²) in [4.78, 5) is 28.9. The van der Waals surface area contributed by atoms with Crippen LogP contribution < -0.4 is 16.0 Å². The predicted molar refractivity (Wildman–Crippen MR) is 124 cm³/mol. The zero-order valence-corrected chi connectivity index (χ0v) is 18.7. The molecule has 1 aliphatic rings. The number of carbonyl (C=O) groups excluding carboxylic acids is 2. The van der Waals surface area contributed by atoms with E-state index in [0.717, 1.165) is 36.3 Å². The standard InChI is InChI=1S/C23H27ClN4O3/c1-14-6-8-17(11-20(14)26-16(3)29)22(30)28-23(25-13-19-5-4-10-31-19)27-21-12-18(24)9-7-15(21)2/h6-9,11-12,19H,4-5,10,13H2,1-3H3,(H,26,29)(H2,25,27,28,30)/t19-/m1/s1. The molecule has 3 N–H and O–H groups in total. The maximum absolute atomic E-state index is 12.9. The largest absolute Gasteiger partial charge is 0.376 e. The monoisotopic (exact) mass is 442 g/mol. The van der Waals surface area contributed by atoms with Gasteiger partial charge in [0.25, 0.3) is 5.91 Å². The Bertz CT molecular complexity index is 1000. The number of anilines is 2. The predicted octanol–water partition coefficient (Wildman–Crippen LogP) is 4.29. The maximum Gasteiger partial charge on any atom is 0.258 e. The second-order valence-electron chi connectivity index (χ2n) is 7.57. The molecule has 0 saturated carbocycles. The molecular weight excluding hydrogens is 416 g/mol. The first-order valence-corrected chi connectivity index (χ1v) is 10.6. The first-order valence-electron chi connectivity index (χ1n) is 10.2. The first kappa shape index (κ1) is 22.8. The molecule has 1 atom stereocenters. The third kappa shape index (κ3) is 6.54. The molecule has 0 spiro atoms. The summed E-state index contributed by atoms with van der Waals surface area (Å²) in [6.45, 7) is 6.41. The van der Waals surface area contributed by atoms with Gasteiger partial charge >= 0.3 is 0 Å². The van der Waals surface area contributed by atoms with Crippen molar-refractivity contribution in [1.29, 1.82) is 0 Å². The van der Waals surface area contributed by atoms with E-state index < -0.39 is 0 Å². The second kappa shape index (κ2) is 10.4. The molecule has 8 heteroatoms. The van der Waals surface area contributed by atoms with E-state index in [1.165, 1.54) is 6.92 Å². The van der Waals surface area contributed by atoms with Crippen molar-refractivity contribution < 1.29 is 14.3 Å². The third-order valence-corrected chi connectivity index (χ3v) is 5.21. The van der Waals surface area contributed by atoms with Crippen molar-refractivity contribution in [3.05, 3.63) is 58.1 Å². The van der Waals surface area contributed by atoms with Gasteiger partial charge in [0.2, 0.25) is 11.9 Å². The number of amides is 2. The van der Waals surface area contributed by atoms with Gasteiger partial charge in [-0.15, -0.1) is 0 Å². The van der Waals surface area contributed by atoms with Gasteiger partial charge in [-0.25, -0.2) is 4.99 Å². The van der Waals surface area contributed by atoms with Gasteiger partial charge in [-0.2, -0.15) is 0 Å². The number of rotatable bonds is 5. The Morgan fingerprint density at radius 3 is 2.48 bits per heavy atom. The number of carbonyl (C=O) groups is 2. The summed E-state index contributed by atoms with van der Waals surface area (Å²) in [5.74, 6) is -0.227. The Hall–Kier alpha value is -2.90. The highest BCUT2D eigenvalue weighted by molar-refractivity contribution is 6.31. The summed E-state index contributed by atoms with van der Waals surface area (Å²) >= 11 is 6.13. The van der Waals surface area contributed by atoms with Crippen molar-refractivity contribution in [2.24, 2.45) is 4.99 Å². The number of hydrogen-bond acceptors (Lipinski definition) is 4. The Kier molecular flexibility index (Phi) is 7.65. The van der Waals surface area contributed by atoms with Gasteiger partial charge in [-0.1, -0.05) is 23.7 Å². The molecule has 3 rings (SSSR count). The lowest BCUT2D eigenvalue weighted by molar-refractivity contribution is -0.114. The summed E-state index contributed by atoms with van der Waals surface area (Å²) in [7, 11) is 0. The van der Waals surface area contributed by atoms with E-state index in [2.05, 4.69) is 20.9 Å². The Morgan fingerprint density at radius 1 is 1.10 bits per heavy atom. The molecule has 1 aliphatic heterocycles. The third-order valence-electron chi connectivity index (χ3n) is 4.97. The van der Waals surface area contributed by atoms with Crippen LogP contribution in [-0.4, -0.2) is 37.0 Å². The fourth-order valence-corrected chi connectivity index (χ4v) is 3.39. The van der Waals surface area contributed by atoms with Crippen LogP contribution in [0.25, 0.3) is 0 Å². The lowest BCUT2D eigenvalue weighted by atomic mass is 10.1. The molecule has 0 radical (unpaired) electrons. The number of ether oxygens (including phenoxy) is 1. The average Bonchev–Trinajstić information content (AvgIpc) is 3.24. The molecule has 2 aromatic carbocycles. The minimum atomic E-state index is -0.343. The summed E-state index contributed by atoms with van der Waals surface area (Å²) in [5.41, 5.74) is 3.58. The maximum atomic E-state index is 12.9. The summed E-state index contributed by atoms with van der Waals surface area (Å²) in [6, 6.07) is 10.6. The van der Waals surface area contributed by atoms with Crippen molar-refractivity contribution in [2.75, 3.05) is 23.8 Å². The minimum absolute atomic E-state index is 0.0416. The number of guanidine groups is 1. The normalized spacial score (nSPS) is 16.1. The van der Waals surface area contributed by atoms with Crippen molar-refractivity contribution in [1.82, 2.24) is 5.32 Å². The van der Waals surface area contributed by atoms with Crippen LogP contribution in [0.15, 0.2) is 41.4 Å². The van der Waals surface area contributed by atoms with Gasteiger partial charge in [0.15, 0.2) is 0 Å². The molecule has 2 amide bonds. The van der Waals surface area contributed by atoms with E-state index in [4.69, 9.17) is 16.3 Å². The van der Waals surface area contributed by atoms with Gasteiger partial charge in [-0.05, 0) is 62.1 Å². The van der Waals surface area contributed by atoms with E-state index in [9.17, 15) is 9.59 Å². The zero-order valence-electron chi connectivity index (χ0n) is 17.9. The molecule has 164 valence electrons. The van der Waals surface area contributed by atoms with E-state index in [1.807, 2.05) is 19.9 Å². The van der Waals surface area contributed by atoms with Crippen molar-refractivity contribution in [2.45, 2.75) is 39.7 Å². The van der Waals surface area contributed by atoms with Gasteiger partial charge in [0.05, 0.1) is 12.6 Å². The summed E-state index contributed by atoms with van der Waals surface area (Å²) < 4.78 is 5.64. The molecular formula is C23H27ClN4O3. The summed E-state index contributed by atoms with van der Waals surface area (Å²) in [6.07, 6.45) is 2.00. The average molecular weight is 443 g/mol. The Morgan fingerprint density at radius 2 is 1.81 bits per heavy atom. The van der Waals surface area contributed by atoms with E-state index in [0.29, 0.717) is 28.8 Å². The van der Waals surface area contributed by atoms with Crippen molar-refractivity contribution in [3.8, 4) is 0 Å². The van der Waals surface area contributed by atoms with Crippen molar-refractivity contribution >= 4 is 40.7 Å². The van der Waals surface area contributed by atoms with Crippen LogP contribution in [0.1, 0.15) is 41.3 Å². The lowest BCUT2D eigenvalue weighted by Gasteiger charge is -2.16. The number of aliphatic imine (C=N–C) groups is 1. The minimum Gasteiger partial charge on any atom is -0.376 e. The van der Waals surface area contributed by atoms with Gasteiger partial charge in [0.1, 0.15) is 0 Å². The topological polar surface area (TPSA) is 91.8 Å². The van der Waals surface area contributed by atoms with Gasteiger partial charge in [0, 0.05) is 35.5 Å². The number of halogens is 1. The fraction of sp³-hybridized carbons (Fsp3) is 0.348. The highest BCUT2D eigenvalue weighted by Gasteiger charge is 2.17. The van der Waals surface area contributed by atoms with Gasteiger partial charge < -0.3 is 15.4 Å². The zero-order chi connectivity index (χ0) is 22.4. The molecule has 1 heterocycles. The van der Waals surface area contributed by atoms with Crippen LogP contribution in [0.3, 0.4) is 0 Å². The number of nitrogens with one attached hydrogen (secondary N) is 3. The first-order chi connectivity index (χ1) is 14.8. The fourth-order valence-electron chi connectivity index (χ4n) is 3.22. The number of benzene rings is 2. The molecule has 2 aromatic rings. The van der Waals surface area contributed by atoms with Crippen LogP contribution in [-0.2, 0) is 9.53 Å². The molecule has 1 saturated heterocycles. The Labute approximate surface area is 187 Å². The second-order valence-corrected chi connectivity index (χ2v) is 8.01. The van der Waals surface area contributed by atoms with Crippen LogP contribution in [0.2, 0.25) is 5.02 Å². The molecule has 1 fully saturated rings. The molecule has 7 nitrogen and oxygen atoms in total. The molecule has 0 unspecified atom stereocenters. The van der Waals surface area contributed by atoms with Crippen LogP contribution in [0.4, 0.5) is 11.4 Å². The van der Waals surface area contributed by atoms with E-state index in [-0.39, 0.29) is 17.9 Å². The molecule has 0 aromatic heterocycles. The Balaban J connectivity index is 1.81. The van der Waals surface area contributed by atoms with Crippen LogP contribution >= 0.6 is 11.6 Å². The van der Waals surface area contributed by atoms with Crippen molar-refractivity contribution in [3.63, 3.8) is 0 Å². The summed E-state index contributed by atoms with van der Waals surface area (Å²) in [5, 5.41) is 9.34. The smallest absolute Gasteiger partial charge is 0.258 e. The molecule has 31 heavy (non-hydrogen) atoms. The number of nitrogens with zero attached hydrogens (tertiary/aromatic N) is 1. The highest BCUT2D eigenvalue weighted by Crippen LogP contribution is 2.21. The van der Waals surface area contributed by atoms with Crippen LogP contribution in [0.5, 0.6) is 0 Å². The lowest BCUT2D eigenvalue weighted by Crippen LogP contribution is -2.37. The molecule has 0 aliphatic carbocycles. The van der Waals surface area contributed by atoms with E-state index >= 15 is 0 Å². The quantitative estimate of drug-likeness (QED) is 0.475. The number of aryl methyl sites for hydroxylation is 2. The highest BCUT2D eigenvalue weighted by atomic mass is 35.5. The SMILES string of the molecule is CC(=O)Nc1cc(C(=O)NC(=NC[C@H]2CCCO2)Nc2cc(Cl)ccc2C)ccc1C. The van der Waals surface area contributed by atoms with Crippen LogP contribution in [0, 0.1) is 13.8 Å². The van der Waals surface area contributed by atoms with Gasteiger partial charge in [-0.3, -0.25) is 14.9 Å². The van der Waals surface area contributed by atoms with E-state index in [1.54, 1.807) is 30.3 Å². The molecule has 0 bridgehead atoms.